The van der Waals surface area contributed by atoms with Crippen LogP contribution in [0, 0.1) is 5.82 Å². The molecule has 0 amide bonds. The number of aromatic nitrogens is 2. The van der Waals surface area contributed by atoms with E-state index in [2.05, 4.69) is 9.97 Å². The second-order valence-corrected chi connectivity index (χ2v) is 9.10. The summed E-state index contributed by atoms with van der Waals surface area (Å²) in [6.07, 6.45) is 4.20. The van der Waals surface area contributed by atoms with Crippen molar-refractivity contribution in [1.82, 2.24) is 14.9 Å². The molecule has 2 aromatic heterocycles. The van der Waals surface area contributed by atoms with Gasteiger partial charge in [-0.15, -0.1) is 0 Å². The van der Waals surface area contributed by atoms with Gasteiger partial charge in [-0.25, -0.2) is 14.4 Å². The first-order valence-corrected chi connectivity index (χ1v) is 11.9. The highest BCUT2D eigenvalue weighted by Gasteiger charge is 2.31. The van der Waals surface area contributed by atoms with Crippen LogP contribution in [-0.2, 0) is 11.3 Å². The summed E-state index contributed by atoms with van der Waals surface area (Å²) in [6.45, 7) is 4.45. The first kappa shape index (κ1) is 25.7. The Bertz CT molecular complexity index is 1260. The van der Waals surface area contributed by atoms with Crippen molar-refractivity contribution in [3.8, 4) is 34.4 Å². The number of hydrogen-bond donors (Lipinski definition) is 1. The molecular weight excluding hydrogens is 489 g/mol. The fourth-order valence-corrected chi connectivity index (χ4v) is 4.39. The van der Waals surface area contributed by atoms with Crippen molar-refractivity contribution in [2.24, 2.45) is 0 Å². The summed E-state index contributed by atoms with van der Waals surface area (Å²) >= 11 is 6.31. The number of ether oxygens (including phenoxy) is 3. The number of carboxylic acid groups (broad SMARTS) is 1. The van der Waals surface area contributed by atoms with Gasteiger partial charge >= 0.3 is 5.97 Å². The summed E-state index contributed by atoms with van der Waals surface area (Å²) in [7, 11) is 1.50. The largest absolute Gasteiger partial charge is 0.481 e. The van der Waals surface area contributed by atoms with E-state index >= 15 is 4.39 Å². The van der Waals surface area contributed by atoms with Gasteiger partial charge in [0.05, 0.1) is 19.4 Å². The van der Waals surface area contributed by atoms with Gasteiger partial charge in [0, 0.05) is 41.6 Å². The lowest BCUT2D eigenvalue weighted by Gasteiger charge is -2.22. The van der Waals surface area contributed by atoms with E-state index in [0.717, 1.165) is 6.42 Å². The first-order valence-electron chi connectivity index (χ1n) is 11.6. The number of methoxy groups -OCH3 is 1. The topological polar surface area (TPSA) is 94.0 Å². The van der Waals surface area contributed by atoms with Crippen molar-refractivity contribution >= 4 is 17.6 Å². The molecule has 3 aromatic rings. The van der Waals surface area contributed by atoms with E-state index < -0.39 is 17.8 Å². The van der Waals surface area contributed by atoms with Crippen LogP contribution in [0.5, 0.6) is 23.3 Å². The van der Waals surface area contributed by atoms with Crippen LogP contribution in [-0.4, -0.2) is 51.7 Å². The average Bonchev–Trinajstić information content (AvgIpc) is 3.31. The SMILES string of the molecule is COc1ncccc1-c1cc(CN2CCCC2C(=O)O)c(F)cc1Oc1cnc(OC(C)C)c(Cl)c1. The number of carboxylic acids is 1. The zero-order chi connectivity index (χ0) is 25.8. The van der Waals surface area contributed by atoms with Crippen molar-refractivity contribution in [3.63, 3.8) is 0 Å². The number of benzene rings is 1. The first-order chi connectivity index (χ1) is 17.3. The number of aliphatic carboxylic acids is 1. The zero-order valence-electron chi connectivity index (χ0n) is 20.2. The van der Waals surface area contributed by atoms with Gasteiger partial charge in [0.15, 0.2) is 0 Å². The number of pyridine rings is 2. The number of carbonyl (C=O) groups is 1. The molecule has 1 aliphatic heterocycles. The Kier molecular flexibility index (Phi) is 7.91. The molecule has 0 aliphatic carbocycles. The normalized spacial score (nSPS) is 15.8. The number of nitrogens with zero attached hydrogens (tertiary/aromatic N) is 3. The van der Waals surface area contributed by atoms with Crippen LogP contribution in [0.15, 0.2) is 42.7 Å². The predicted octanol–water partition coefficient (Wildman–Crippen LogP) is 5.57. The van der Waals surface area contributed by atoms with E-state index in [1.807, 2.05) is 13.8 Å². The summed E-state index contributed by atoms with van der Waals surface area (Å²) < 4.78 is 32.4. The van der Waals surface area contributed by atoms with Gasteiger partial charge in [0.25, 0.3) is 0 Å². The maximum absolute atomic E-state index is 15.3. The fraction of sp³-hybridized carbons (Fsp3) is 0.346. The minimum absolute atomic E-state index is 0.107. The molecule has 3 heterocycles. The van der Waals surface area contributed by atoms with E-state index in [4.69, 9.17) is 25.8 Å². The number of hydrogen-bond acceptors (Lipinski definition) is 7. The summed E-state index contributed by atoms with van der Waals surface area (Å²) in [5, 5.41) is 9.78. The highest BCUT2D eigenvalue weighted by atomic mass is 35.5. The lowest BCUT2D eigenvalue weighted by Crippen LogP contribution is -2.35. The number of likely N-dealkylation sites (tertiary alicyclic amines) is 1. The molecule has 1 aliphatic rings. The van der Waals surface area contributed by atoms with Gasteiger partial charge in [0.1, 0.15) is 28.4 Å². The fourth-order valence-electron chi connectivity index (χ4n) is 4.19. The predicted molar refractivity (Wildman–Crippen MR) is 132 cm³/mol. The Labute approximate surface area is 213 Å². The molecule has 8 nitrogen and oxygen atoms in total. The van der Waals surface area contributed by atoms with Crippen LogP contribution in [0.4, 0.5) is 4.39 Å². The van der Waals surface area contributed by atoms with Crippen molar-refractivity contribution in [2.45, 2.75) is 45.4 Å². The van der Waals surface area contributed by atoms with Gasteiger partial charge < -0.3 is 19.3 Å². The lowest BCUT2D eigenvalue weighted by atomic mass is 10.0. The van der Waals surface area contributed by atoms with Gasteiger partial charge in [0.2, 0.25) is 11.8 Å². The molecule has 1 saturated heterocycles. The Morgan fingerprint density at radius 1 is 1.25 bits per heavy atom. The quantitative estimate of drug-likeness (QED) is 0.395. The van der Waals surface area contributed by atoms with E-state index in [1.165, 1.54) is 19.4 Å². The molecule has 0 spiro atoms. The molecular formula is C26H27ClFN3O5. The van der Waals surface area contributed by atoms with Crippen molar-refractivity contribution in [1.29, 1.82) is 0 Å². The smallest absolute Gasteiger partial charge is 0.320 e. The number of halogens is 2. The second-order valence-electron chi connectivity index (χ2n) is 8.69. The summed E-state index contributed by atoms with van der Waals surface area (Å²) in [5.74, 6) is -0.329. The minimum Gasteiger partial charge on any atom is -0.481 e. The highest BCUT2D eigenvalue weighted by Crippen LogP contribution is 2.40. The van der Waals surface area contributed by atoms with Gasteiger partial charge in [-0.2, -0.15) is 0 Å². The molecule has 36 heavy (non-hydrogen) atoms. The molecule has 190 valence electrons. The maximum Gasteiger partial charge on any atom is 0.320 e. The second kappa shape index (κ2) is 11.1. The summed E-state index contributed by atoms with van der Waals surface area (Å²) in [4.78, 5) is 21.9. The Hall–Kier alpha value is -3.43. The Morgan fingerprint density at radius 3 is 2.75 bits per heavy atom. The summed E-state index contributed by atoms with van der Waals surface area (Å²) in [5.41, 5.74) is 1.46. The van der Waals surface area contributed by atoms with Crippen LogP contribution in [0.1, 0.15) is 32.3 Å². The van der Waals surface area contributed by atoms with Crippen LogP contribution < -0.4 is 14.2 Å². The zero-order valence-corrected chi connectivity index (χ0v) is 21.0. The standard InChI is InChI=1S/C26H27ClFN3O5/c1-15(2)35-25-20(27)11-17(13-30-25)36-23-12-21(28)16(14-31-9-5-7-22(31)26(32)33)10-19(23)18-6-4-8-29-24(18)34-3/h4,6,8,10-13,15,22H,5,7,9,14H2,1-3H3,(H,32,33). The van der Waals surface area contributed by atoms with Gasteiger partial charge in [-0.3, -0.25) is 9.69 Å². The molecule has 10 heteroatoms. The van der Waals surface area contributed by atoms with Crippen LogP contribution in [0.2, 0.25) is 5.02 Å². The highest BCUT2D eigenvalue weighted by molar-refractivity contribution is 6.31. The molecule has 0 bridgehead atoms. The Morgan fingerprint density at radius 2 is 2.06 bits per heavy atom. The van der Waals surface area contributed by atoms with E-state index in [1.54, 1.807) is 35.4 Å². The minimum atomic E-state index is -0.906. The molecule has 1 fully saturated rings. The van der Waals surface area contributed by atoms with Crippen molar-refractivity contribution in [2.75, 3.05) is 13.7 Å². The number of rotatable bonds is 9. The van der Waals surface area contributed by atoms with Crippen molar-refractivity contribution in [3.05, 3.63) is 59.1 Å². The molecule has 4 rings (SSSR count). The van der Waals surface area contributed by atoms with Gasteiger partial charge in [-0.1, -0.05) is 11.6 Å². The molecule has 0 saturated carbocycles. The van der Waals surface area contributed by atoms with E-state index in [9.17, 15) is 9.90 Å². The van der Waals surface area contributed by atoms with E-state index in [-0.39, 0.29) is 35.1 Å². The third kappa shape index (κ3) is 5.68. The van der Waals surface area contributed by atoms with Crippen molar-refractivity contribution < 1.29 is 28.5 Å². The Balaban J connectivity index is 1.74. The van der Waals surface area contributed by atoms with Gasteiger partial charge in [-0.05, 0) is 51.4 Å². The van der Waals surface area contributed by atoms with Crippen LogP contribution >= 0.6 is 11.6 Å². The maximum atomic E-state index is 15.3. The van der Waals surface area contributed by atoms with E-state index in [0.29, 0.717) is 35.5 Å². The third-order valence-electron chi connectivity index (χ3n) is 5.78. The lowest BCUT2D eigenvalue weighted by molar-refractivity contribution is -0.142. The molecule has 1 aromatic carbocycles. The van der Waals surface area contributed by atoms with Crippen LogP contribution in [0.25, 0.3) is 11.1 Å². The monoisotopic (exact) mass is 515 g/mol. The molecule has 1 unspecified atom stereocenters. The molecule has 1 atom stereocenters. The molecule has 1 N–H and O–H groups in total. The summed E-state index contributed by atoms with van der Waals surface area (Å²) in [6, 6.07) is 7.35. The van der Waals surface area contributed by atoms with Crippen LogP contribution in [0.3, 0.4) is 0 Å². The third-order valence-corrected chi connectivity index (χ3v) is 6.05. The molecule has 0 radical (unpaired) electrons. The average molecular weight is 516 g/mol.